The maximum Gasteiger partial charge on any atom is 0.404 e. The van der Waals surface area contributed by atoms with E-state index in [0.717, 1.165) is 50.2 Å². The molecule has 0 radical (unpaired) electrons. The van der Waals surface area contributed by atoms with Crippen molar-refractivity contribution >= 4 is 17.9 Å². The highest BCUT2D eigenvalue weighted by atomic mass is 16.5. The first-order chi connectivity index (χ1) is 14.0. The fraction of sp³-hybridized carbons (Fsp3) is 0.667. The third-order valence-corrected chi connectivity index (χ3v) is 5.89. The van der Waals surface area contributed by atoms with Gasteiger partial charge in [-0.05, 0) is 68.9 Å². The van der Waals surface area contributed by atoms with E-state index in [4.69, 9.17) is 14.8 Å². The van der Waals surface area contributed by atoms with Crippen LogP contribution in [0, 0.1) is 11.8 Å². The van der Waals surface area contributed by atoms with Crippen molar-refractivity contribution in [3.63, 3.8) is 0 Å². The molecule has 1 fully saturated rings. The number of nitrogens with zero attached hydrogens (tertiary/aromatic N) is 1. The summed E-state index contributed by atoms with van der Waals surface area (Å²) in [5.74, 6) is 0.205. The first-order valence-corrected chi connectivity index (χ1v) is 10.5. The van der Waals surface area contributed by atoms with Gasteiger partial charge in [-0.25, -0.2) is 9.78 Å². The van der Waals surface area contributed by atoms with E-state index in [1.165, 1.54) is 12.0 Å². The van der Waals surface area contributed by atoms with Gasteiger partial charge in [0, 0.05) is 25.4 Å². The predicted octanol–water partition coefficient (Wildman–Crippen LogP) is 2.92. The minimum Gasteiger partial charge on any atom is -0.481 e. The van der Waals surface area contributed by atoms with Crippen LogP contribution in [0.4, 0.5) is 10.6 Å². The number of carbonyl (C=O) groups is 2. The monoisotopic (exact) mass is 405 g/mol. The molecule has 1 unspecified atom stereocenters. The summed E-state index contributed by atoms with van der Waals surface area (Å²) in [6, 6.07) is 4.34. The molecule has 1 atom stereocenters. The van der Waals surface area contributed by atoms with E-state index >= 15 is 0 Å². The van der Waals surface area contributed by atoms with Crippen molar-refractivity contribution in [1.29, 1.82) is 0 Å². The molecular weight excluding hydrogens is 374 g/mol. The Morgan fingerprint density at radius 2 is 2.10 bits per heavy atom. The zero-order valence-corrected chi connectivity index (χ0v) is 16.7. The lowest BCUT2D eigenvalue weighted by molar-refractivity contribution is -0.143. The van der Waals surface area contributed by atoms with E-state index < -0.39 is 18.0 Å². The fourth-order valence-electron chi connectivity index (χ4n) is 4.03. The molecule has 1 aliphatic carbocycles. The van der Waals surface area contributed by atoms with Crippen molar-refractivity contribution < 1.29 is 24.5 Å². The molecule has 160 valence electrons. The second-order valence-corrected chi connectivity index (χ2v) is 8.05. The zero-order chi connectivity index (χ0) is 20.6. The van der Waals surface area contributed by atoms with Crippen LogP contribution >= 0.6 is 0 Å². The molecule has 1 aromatic rings. The number of carboxylic acids is 1. The number of carboxylic acid groups (broad SMARTS) is 2. The maximum absolute atomic E-state index is 11.3. The highest BCUT2D eigenvalue weighted by Crippen LogP contribution is 2.34. The third kappa shape index (κ3) is 6.59. The lowest BCUT2D eigenvalue weighted by Crippen LogP contribution is -2.33. The Kier molecular flexibility index (Phi) is 7.69. The Labute approximate surface area is 171 Å². The van der Waals surface area contributed by atoms with Crippen LogP contribution in [0.3, 0.4) is 0 Å². The van der Waals surface area contributed by atoms with Crippen LogP contribution in [-0.4, -0.2) is 53.1 Å². The number of hydrogen-bond acceptors (Lipinski definition) is 5. The lowest BCUT2D eigenvalue weighted by Gasteiger charge is -2.35. The van der Waals surface area contributed by atoms with Crippen LogP contribution in [0.1, 0.15) is 49.8 Å². The number of ether oxygens (including phenoxy) is 1. The number of aromatic nitrogens is 1. The van der Waals surface area contributed by atoms with Gasteiger partial charge in [-0.3, -0.25) is 4.79 Å². The second kappa shape index (κ2) is 10.4. The van der Waals surface area contributed by atoms with Gasteiger partial charge in [-0.15, -0.1) is 0 Å². The van der Waals surface area contributed by atoms with Gasteiger partial charge in [0.15, 0.2) is 0 Å². The highest BCUT2D eigenvalue weighted by molar-refractivity contribution is 5.70. The molecule has 2 aliphatic rings. The third-order valence-electron chi connectivity index (χ3n) is 5.89. The summed E-state index contributed by atoms with van der Waals surface area (Å²) in [5, 5.41) is 23.4. The Bertz CT molecular complexity index is 706. The van der Waals surface area contributed by atoms with Crippen LogP contribution in [0.5, 0.6) is 0 Å². The minimum absolute atomic E-state index is 0.143. The number of anilines is 1. The summed E-state index contributed by atoms with van der Waals surface area (Å²) < 4.78 is 5.82. The van der Waals surface area contributed by atoms with Crippen LogP contribution in [-0.2, 0) is 22.4 Å². The van der Waals surface area contributed by atoms with Crippen molar-refractivity contribution in [3.8, 4) is 0 Å². The topological polar surface area (TPSA) is 121 Å². The smallest absolute Gasteiger partial charge is 0.404 e. The average molecular weight is 405 g/mol. The molecule has 1 aliphatic heterocycles. The number of hydrogen-bond donors (Lipinski definition) is 4. The van der Waals surface area contributed by atoms with E-state index in [9.17, 15) is 14.7 Å². The van der Waals surface area contributed by atoms with Gasteiger partial charge in [-0.1, -0.05) is 6.07 Å². The average Bonchev–Trinajstić information content (AvgIpc) is 2.67. The number of pyridine rings is 1. The Morgan fingerprint density at radius 3 is 2.86 bits per heavy atom. The number of aryl methyl sites for hydroxylation is 2. The number of nitrogens with one attached hydrogen (secondary N) is 2. The summed E-state index contributed by atoms with van der Waals surface area (Å²) in [7, 11) is 0. The zero-order valence-electron chi connectivity index (χ0n) is 16.7. The van der Waals surface area contributed by atoms with Gasteiger partial charge in [0.1, 0.15) is 5.82 Å². The van der Waals surface area contributed by atoms with Crippen molar-refractivity contribution in [2.75, 3.05) is 25.0 Å². The van der Waals surface area contributed by atoms with Gasteiger partial charge in [-0.2, -0.15) is 0 Å². The van der Waals surface area contributed by atoms with Crippen molar-refractivity contribution in [2.45, 2.75) is 57.5 Å². The van der Waals surface area contributed by atoms with Gasteiger partial charge in [0.2, 0.25) is 0 Å². The summed E-state index contributed by atoms with van der Waals surface area (Å²) in [6.07, 6.45) is 6.15. The van der Waals surface area contributed by atoms with Crippen LogP contribution in [0.15, 0.2) is 12.1 Å². The van der Waals surface area contributed by atoms with Crippen LogP contribution < -0.4 is 10.6 Å². The molecule has 29 heavy (non-hydrogen) atoms. The largest absolute Gasteiger partial charge is 0.481 e. The summed E-state index contributed by atoms with van der Waals surface area (Å²) in [6.45, 7) is 1.55. The Balaban J connectivity index is 1.29. The van der Waals surface area contributed by atoms with Gasteiger partial charge in [0.05, 0.1) is 12.0 Å². The highest BCUT2D eigenvalue weighted by Gasteiger charge is 2.30. The summed E-state index contributed by atoms with van der Waals surface area (Å²) >= 11 is 0. The number of fused-ring (bicyclic) bond motifs is 1. The minimum atomic E-state index is -1.13. The number of rotatable bonds is 11. The number of aliphatic carboxylic acids is 1. The molecule has 1 amide bonds. The molecule has 2 heterocycles. The van der Waals surface area contributed by atoms with Crippen LogP contribution in [0.25, 0.3) is 0 Å². The summed E-state index contributed by atoms with van der Waals surface area (Å²) in [5.41, 5.74) is 2.46. The molecule has 0 bridgehead atoms. The van der Waals surface area contributed by atoms with E-state index in [1.807, 2.05) is 0 Å². The van der Waals surface area contributed by atoms with Crippen molar-refractivity contribution in [3.05, 3.63) is 23.4 Å². The standard InChI is InChI=1S/C21H31N3O5/c25-20(26)16(7-10-23-21(27)28)8-11-29-18-12-14(13-18)3-5-17-6-4-15-2-1-9-22-19(15)24-17/h4,6,14,16,18,23H,1-3,5,7-13H2,(H,22,24)(H,25,26)(H,27,28)/t14-,16?,18-. The maximum atomic E-state index is 11.3. The normalized spacial score (nSPS) is 21.4. The van der Waals surface area contributed by atoms with Gasteiger partial charge < -0.3 is 25.6 Å². The molecule has 0 saturated heterocycles. The predicted molar refractivity (Wildman–Crippen MR) is 108 cm³/mol. The lowest BCUT2D eigenvalue weighted by atomic mass is 9.79. The molecule has 0 spiro atoms. The van der Waals surface area contributed by atoms with Gasteiger partial charge >= 0.3 is 12.1 Å². The molecular formula is C21H31N3O5. The molecule has 4 N–H and O–H groups in total. The van der Waals surface area contributed by atoms with Crippen LogP contribution in [0.2, 0.25) is 0 Å². The molecule has 8 heteroatoms. The van der Waals surface area contributed by atoms with E-state index in [1.54, 1.807) is 0 Å². The summed E-state index contributed by atoms with van der Waals surface area (Å²) in [4.78, 5) is 26.4. The molecule has 0 aromatic carbocycles. The molecule has 3 rings (SSSR count). The second-order valence-electron chi connectivity index (χ2n) is 8.05. The number of amides is 1. The van der Waals surface area contributed by atoms with E-state index in [2.05, 4.69) is 22.8 Å². The van der Waals surface area contributed by atoms with Crippen molar-refractivity contribution in [1.82, 2.24) is 10.3 Å². The molecule has 1 aromatic heterocycles. The Morgan fingerprint density at radius 1 is 1.28 bits per heavy atom. The Hall–Kier alpha value is -2.35. The quantitative estimate of drug-likeness (QED) is 0.447. The first-order valence-electron chi connectivity index (χ1n) is 10.5. The first kappa shape index (κ1) is 21.4. The molecule has 8 nitrogen and oxygen atoms in total. The fourth-order valence-corrected chi connectivity index (χ4v) is 4.03. The molecule has 1 saturated carbocycles. The van der Waals surface area contributed by atoms with Gasteiger partial charge in [0.25, 0.3) is 0 Å². The van der Waals surface area contributed by atoms with E-state index in [0.29, 0.717) is 18.9 Å². The SMILES string of the molecule is O=C(O)NCCC(CCO[C@H]1C[C@H](CCc2ccc3c(n2)NCCC3)C1)C(=O)O. The van der Waals surface area contributed by atoms with Crippen molar-refractivity contribution in [2.24, 2.45) is 11.8 Å². The van der Waals surface area contributed by atoms with E-state index in [-0.39, 0.29) is 19.1 Å².